The molecule has 4 heteroatoms. The predicted octanol–water partition coefficient (Wildman–Crippen LogP) is 4.28. The van der Waals surface area contributed by atoms with E-state index in [1.54, 1.807) is 19.1 Å². The van der Waals surface area contributed by atoms with Crippen molar-refractivity contribution in [1.82, 2.24) is 0 Å². The van der Waals surface area contributed by atoms with Gasteiger partial charge in [-0.2, -0.15) is 0 Å². The number of anilines is 1. The monoisotopic (exact) mass is 297 g/mol. The lowest BCUT2D eigenvalue weighted by Gasteiger charge is -2.09. The number of nitrogens with two attached hydrogens (primary N) is 1. The molecule has 2 aromatic rings. The van der Waals surface area contributed by atoms with Crippen LogP contribution in [0.2, 0.25) is 0 Å². The van der Waals surface area contributed by atoms with Gasteiger partial charge in [0.15, 0.2) is 0 Å². The topological polar surface area (TPSA) is 26.0 Å². The van der Waals surface area contributed by atoms with Gasteiger partial charge >= 0.3 is 0 Å². The minimum Gasteiger partial charge on any atom is -0.398 e. The number of rotatable bonds is 1. The molecule has 0 aliphatic carbocycles. The fourth-order valence-electron chi connectivity index (χ4n) is 1.61. The largest absolute Gasteiger partial charge is 0.398 e. The van der Waals surface area contributed by atoms with Crippen LogP contribution in [-0.4, -0.2) is 0 Å². The summed E-state index contributed by atoms with van der Waals surface area (Å²) in [5, 5.41) is 0. The second-order valence-corrected chi connectivity index (χ2v) is 4.64. The molecular formula is C13H10BrF2N. The molecular weight excluding hydrogens is 288 g/mol. The van der Waals surface area contributed by atoms with E-state index in [-0.39, 0.29) is 11.1 Å². The number of benzene rings is 2. The second kappa shape index (κ2) is 4.45. The van der Waals surface area contributed by atoms with E-state index in [1.165, 1.54) is 18.2 Å². The molecule has 2 N–H and O–H groups in total. The fraction of sp³-hybridized carbons (Fsp3) is 0.0769. The van der Waals surface area contributed by atoms with Gasteiger partial charge in [-0.15, -0.1) is 0 Å². The van der Waals surface area contributed by atoms with Gasteiger partial charge in [0.1, 0.15) is 11.6 Å². The number of hydrogen-bond donors (Lipinski definition) is 1. The normalized spacial score (nSPS) is 10.6. The summed E-state index contributed by atoms with van der Waals surface area (Å²) in [6.45, 7) is 1.71. The lowest BCUT2D eigenvalue weighted by molar-refractivity contribution is 0.612. The van der Waals surface area contributed by atoms with E-state index in [1.807, 2.05) is 0 Å². The van der Waals surface area contributed by atoms with Crippen LogP contribution >= 0.6 is 15.9 Å². The molecule has 0 fully saturated rings. The first-order valence-corrected chi connectivity index (χ1v) is 5.80. The maximum Gasteiger partial charge on any atom is 0.145 e. The van der Waals surface area contributed by atoms with Gasteiger partial charge < -0.3 is 5.73 Å². The maximum atomic E-state index is 13.8. The predicted molar refractivity (Wildman–Crippen MR) is 68.6 cm³/mol. The molecule has 0 aliphatic rings. The molecule has 0 radical (unpaired) electrons. The Bertz CT molecular complexity index is 582. The van der Waals surface area contributed by atoms with E-state index in [0.717, 1.165) is 0 Å². The summed E-state index contributed by atoms with van der Waals surface area (Å²) in [6.07, 6.45) is 0. The number of halogens is 3. The molecule has 0 saturated heterocycles. The van der Waals surface area contributed by atoms with Crippen molar-refractivity contribution in [2.45, 2.75) is 6.92 Å². The van der Waals surface area contributed by atoms with Gasteiger partial charge in [-0.05, 0) is 46.6 Å². The van der Waals surface area contributed by atoms with Gasteiger partial charge in [0, 0.05) is 16.8 Å². The first-order valence-electron chi connectivity index (χ1n) is 5.00. The van der Waals surface area contributed by atoms with Crippen LogP contribution in [0.5, 0.6) is 0 Å². The SMILES string of the molecule is Cc1cc(F)c(-c2cccc(Br)c2F)cc1N. The van der Waals surface area contributed by atoms with Crippen LogP contribution in [0.25, 0.3) is 11.1 Å². The van der Waals surface area contributed by atoms with Crippen LogP contribution in [0.15, 0.2) is 34.8 Å². The minimum absolute atomic E-state index is 0.173. The Morgan fingerprint density at radius 2 is 1.82 bits per heavy atom. The third kappa shape index (κ3) is 2.17. The van der Waals surface area contributed by atoms with E-state index in [0.29, 0.717) is 15.7 Å². The smallest absolute Gasteiger partial charge is 0.145 e. The van der Waals surface area contributed by atoms with Crippen LogP contribution < -0.4 is 5.73 Å². The van der Waals surface area contributed by atoms with Crippen molar-refractivity contribution in [1.29, 1.82) is 0 Å². The van der Waals surface area contributed by atoms with E-state index in [4.69, 9.17) is 5.73 Å². The Kier molecular flexibility index (Phi) is 3.15. The number of nitrogen functional groups attached to an aromatic ring is 1. The molecule has 2 rings (SSSR count). The maximum absolute atomic E-state index is 13.8. The van der Waals surface area contributed by atoms with Gasteiger partial charge in [0.2, 0.25) is 0 Å². The summed E-state index contributed by atoms with van der Waals surface area (Å²) < 4.78 is 27.9. The third-order valence-corrected chi connectivity index (χ3v) is 3.21. The molecule has 0 atom stereocenters. The summed E-state index contributed by atoms with van der Waals surface area (Å²) in [5.41, 5.74) is 7.17. The molecule has 0 aromatic heterocycles. The Balaban J connectivity index is 2.69. The number of hydrogen-bond acceptors (Lipinski definition) is 1. The molecule has 2 aromatic carbocycles. The highest BCUT2D eigenvalue weighted by Crippen LogP contribution is 2.31. The van der Waals surface area contributed by atoms with Crippen molar-refractivity contribution in [3.8, 4) is 11.1 Å². The van der Waals surface area contributed by atoms with E-state index < -0.39 is 11.6 Å². The summed E-state index contributed by atoms with van der Waals surface area (Å²) in [7, 11) is 0. The van der Waals surface area contributed by atoms with Crippen molar-refractivity contribution >= 4 is 21.6 Å². The minimum atomic E-state index is -0.491. The van der Waals surface area contributed by atoms with E-state index >= 15 is 0 Å². The Labute approximate surface area is 106 Å². The van der Waals surface area contributed by atoms with Crippen LogP contribution in [0.3, 0.4) is 0 Å². The summed E-state index contributed by atoms with van der Waals surface area (Å²) in [4.78, 5) is 0. The van der Waals surface area contributed by atoms with E-state index in [2.05, 4.69) is 15.9 Å². The lowest BCUT2D eigenvalue weighted by atomic mass is 10.0. The third-order valence-electron chi connectivity index (χ3n) is 2.60. The zero-order valence-electron chi connectivity index (χ0n) is 9.10. The van der Waals surface area contributed by atoms with Gasteiger partial charge in [-0.3, -0.25) is 0 Å². The second-order valence-electron chi connectivity index (χ2n) is 3.79. The summed E-state index contributed by atoms with van der Waals surface area (Å²) in [5.74, 6) is -0.969. The van der Waals surface area contributed by atoms with Crippen molar-refractivity contribution in [3.05, 3.63) is 52.0 Å². The molecule has 17 heavy (non-hydrogen) atoms. The Hall–Kier alpha value is -1.42. The molecule has 0 bridgehead atoms. The van der Waals surface area contributed by atoms with Crippen molar-refractivity contribution in [3.63, 3.8) is 0 Å². The molecule has 0 saturated carbocycles. The van der Waals surface area contributed by atoms with Crippen LogP contribution in [0, 0.1) is 18.6 Å². The standard InChI is InChI=1S/C13H10BrF2N/c1-7-5-11(15)9(6-12(7)17)8-3-2-4-10(14)13(8)16/h2-6H,17H2,1H3. The molecule has 1 nitrogen and oxygen atoms in total. The van der Waals surface area contributed by atoms with Crippen molar-refractivity contribution < 1.29 is 8.78 Å². The molecule has 0 unspecified atom stereocenters. The lowest BCUT2D eigenvalue weighted by Crippen LogP contribution is -1.95. The van der Waals surface area contributed by atoms with Gasteiger partial charge in [-0.1, -0.05) is 12.1 Å². The zero-order valence-corrected chi connectivity index (χ0v) is 10.7. The van der Waals surface area contributed by atoms with Crippen molar-refractivity contribution in [2.24, 2.45) is 0 Å². The van der Waals surface area contributed by atoms with Crippen LogP contribution in [0.1, 0.15) is 5.56 Å². The fourth-order valence-corrected chi connectivity index (χ4v) is 1.97. The van der Waals surface area contributed by atoms with Crippen molar-refractivity contribution in [2.75, 3.05) is 5.73 Å². The number of aryl methyl sites for hydroxylation is 1. The average molecular weight is 298 g/mol. The molecule has 0 heterocycles. The Morgan fingerprint density at radius 1 is 1.12 bits per heavy atom. The van der Waals surface area contributed by atoms with Gasteiger partial charge in [0.25, 0.3) is 0 Å². The van der Waals surface area contributed by atoms with Crippen LogP contribution in [0.4, 0.5) is 14.5 Å². The summed E-state index contributed by atoms with van der Waals surface area (Å²) >= 11 is 3.07. The average Bonchev–Trinajstić information content (AvgIpc) is 2.28. The quantitative estimate of drug-likeness (QED) is 0.781. The first kappa shape index (κ1) is 12.0. The first-order chi connectivity index (χ1) is 8.00. The summed E-state index contributed by atoms with van der Waals surface area (Å²) in [6, 6.07) is 7.50. The van der Waals surface area contributed by atoms with Gasteiger partial charge in [-0.25, -0.2) is 8.78 Å². The highest BCUT2D eigenvalue weighted by atomic mass is 79.9. The van der Waals surface area contributed by atoms with Gasteiger partial charge in [0.05, 0.1) is 4.47 Å². The molecule has 0 amide bonds. The highest BCUT2D eigenvalue weighted by Gasteiger charge is 2.13. The molecule has 88 valence electrons. The molecule has 0 aliphatic heterocycles. The van der Waals surface area contributed by atoms with Crippen LogP contribution in [-0.2, 0) is 0 Å². The zero-order chi connectivity index (χ0) is 12.6. The van der Waals surface area contributed by atoms with E-state index in [9.17, 15) is 8.78 Å². The molecule has 0 spiro atoms. The highest BCUT2D eigenvalue weighted by molar-refractivity contribution is 9.10. The Morgan fingerprint density at radius 3 is 2.53 bits per heavy atom.